The van der Waals surface area contributed by atoms with Crippen LogP contribution in [0.1, 0.15) is 39.0 Å². The molecule has 1 aliphatic carbocycles. The molecule has 3 rings (SSSR count). The molecule has 2 aliphatic heterocycles. The quantitative estimate of drug-likeness (QED) is 0.731. The van der Waals surface area contributed by atoms with E-state index >= 15 is 0 Å². The summed E-state index contributed by atoms with van der Waals surface area (Å²) in [7, 11) is 0. The van der Waals surface area contributed by atoms with Gasteiger partial charge >= 0.3 is 0 Å². The van der Waals surface area contributed by atoms with Crippen molar-refractivity contribution < 1.29 is 14.6 Å². The Balaban J connectivity index is 1.81. The Morgan fingerprint density at radius 1 is 1.50 bits per heavy atom. The van der Waals surface area contributed by atoms with Gasteiger partial charge in [-0.15, -0.1) is 0 Å². The maximum absolute atomic E-state index is 11.4. The summed E-state index contributed by atoms with van der Waals surface area (Å²) in [5.41, 5.74) is -0.0852. The number of hydrogen-bond acceptors (Lipinski definition) is 3. The molecular weight excluding hydrogens is 206 g/mol. The number of carbonyl (C=O) groups excluding carboxylic acids is 1. The number of carbonyl (C=O) groups is 1. The molecule has 3 aliphatic rings. The fourth-order valence-electron chi connectivity index (χ4n) is 3.02. The summed E-state index contributed by atoms with van der Waals surface area (Å²) in [6.45, 7) is 3.56. The molecule has 1 amide bonds. The van der Waals surface area contributed by atoms with E-state index in [9.17, 15) is 9.90 Å². The van der Waals surface area contributed by atoms with Crippen LogP contribution < -0.4 is 5.32 Å². The lowest BCUT2D eigenvalue weighted by Crippen LogP contribution is -2.64. The Morgan fingerprint density at radius 3 is 2.88 bits per heavy atom. The van der Waals surface area contributed by atoms with Gasteiger partial charge in [0.1, 0.15) is 0 Å². The predicted octanol–water partition coefficient (Wildman–Crippen LogP) is 0.834. The number of hydrogen-bond donors (Lipinski definition) is 2. The largest absolute Gasteiger partial charge is 0.396 e. The van der Waals surface area contributed by atoms with Crippen molar-refractivity contribution in [2.45, 2.75) is 44.6 Å². The highest BCUT2D eigenvalue weighted by atomic mass is 16.5. The van der Waals surface area contributed by atoms with Crippen LogP contribution in [0.3, 0.4) is 0 Å². The number of aliphatic hydroxyl groups excluding tert-OH is 1. The summed E-state index contributed by atoms with van der Waals surface area (Å²) >= 11 is 0. The van der Waals surface area contributed by atoms with Crippen LogP contribution in [0, 0.1) is 5.41 Å². The van der Waals surface area contributed by atoms with Gasteiger partial charge in [0.25, 0.3) is 0 Å². The van der Waals surface area contributed by atoms with Gasteiger partial charge in [0, 0.05) is 31.6 Å². The van der Waals surface area contributed by atoms with Crippen molar-refractivity contribution >= 4 is 5.91 Å². The number of aliphatic hydroxyl groups is 1. The minimum Gasteiger partial charge on any atom is -0.396 e. The Kier molecular flexibility index (Phi) is 3.22. The van der Waals surface area contributed by atoms with Crippen LogP contribution in [0.4, 0.5) is 0 Å². The van der Waals surface area contributed by atoms with Crippen LogP contribution in [0.15, 0.2) is 0 Å². The molecule has 4 heteroatoms. The summed E-state index contributed by atoms with van der Waals surface area (Å²) in [6.07, 6.45) is 4.20. The van der Waals surface area contributed by atoms with E-state index in [1.165, 1.54) is 0 Å². The number of fused-ring (bicyclic) bond motifs is 2. The minimum absolute atomic E-state index is 0.0910. The molecule has 0 spiro atoms. The Bertz CT molecular complexity index is 271. The van der Waals surface area contributed by atoms with Gasteiger partial charge in [0.15, 0.2) is 0 Å². The van der Waals surface area contributed by atoms with Crippen LogP contribution in [0.5, 0.6) is 0 Å². The molecule has 0 atom stereocenters. The lowest BCUT2D eigenvalue weighted by Gasteiger charge is -2.59. The van der Waals surface area contributed by atoms with Gasteiger partial charge in [0.05, 0.1) is 5.60 Å². The van der Waals surface area contributed by atoms with Crippen LogP contribution in [0.2, 0.25) is 0 Å². The fraction of sp³-hybridized carbons (Fsp3) is 0.917. The highest BCUT2D eigenvalue weighted by Gasteiger charge is 2.58. The zero-order chi connectivity index (χ0) is 11.6. The van der Waals surface area contributed by atoms with Gasteiger partial charge in [-0.3, -0.25) is 4.79 Å². The van der Waals surface area contributed by atoms with E-state index in [0.717, 1.165) is 25.7 Å². The summed E-state index contributed by atoms with van der Waals surface area (Å²) < 4.78 is 5.76. The smallest absolute Gasteiger partial charge is 0.220 e. The highest BCUT2D eigenvalue weighted by molar-refractivity contribution is 5.75. The molecule has 1 saturated carbocycles. The van der Waals surface area contributed by atoms with Crippen molar-refractivity contribution in [2.24, 2.45) is 5.41 Å². The molecule has 2 bridgehead atoms. The number of ether oxygens (including phenoxy) is 1. The molecule has 4 nitrogen and oxygen atoms in total. The molecule has 0 aromatic heterocycles. The van der Waals surface area contributed by atoms with Crippen LogP contribution >= 0.6 is 0 Å². The Hall–Kier alpha value is -0.610. The first-order valence-electron chi connectivity index (χ1n) is 6.15. The highest BCUT2D eigenvalue weighted by Crippen LogP contribution is 2.55. The summed E-state index contributed by atoms with van der Waals surface area (Å²) in [5.74, 6) is 0.104. The molecule has 0 aromatic rings. The third-order valence-electron chi connectivity index (χ3n) is 3.86. The maximum Gasteiger partial charge on any atom is 0.220 e. The average molecular weight is 227 g/mol. The second-order valence-corrected chi connectivity index (χ2v) is 5.32. The summed E-state index contributed by atoms with van der Waals surface area (Å²) in [4.78, 5) is 11.4. The fourth-order valence-corrected chi connectivity index (χ4v) is 3.02. The van der Waals surface area contributed by atoms with Crippen LogP contribution in [-0.4, -0.2) is 36.4 Å². The second kappa shape index (κ2) is 4.34. The monoisotopic (exact) mass is 227 g/mol. The molecule has 3 fully saturated rings. The SMILES string of the molecule is CCCC(=O)NCC12CC(CO)(CCO1)C2. The van der Waals surface area contributed by atoms with E-state index in [-0.39, 0.29) is 23.5 Å². The van der Waals surface area contributed by atoms with Gasteiger partial charge < -0.3 is 15.2 Å². The minimum atomic E-state index is -0.176. The third-order valence-corrected chi connectivity index (χ3v) is 3.86. The van der Waals surface area contributed by atoms with Gasteiger partial charge in [-0.1, -0.05) is 6.92 Å². The summed E-state index contributed by atoms with van der Waals surface area (Å²) in [6, 6.07) is 0. The number of amides is 1. The first kappa shape index (κ1) is 11.9. The van der Waals surface area contributed by atoms with Gasteiger partial charge in [-0.2, -0.15) is 0 Å². The molecular formula is C12H21NO3. The van der Waals surface area contributed by atoms with Gasteiger partial charge in [0.2, 0.25) is 5.91 Å². The molecule has 16 heavy (non-hydrogen) atoms. The first-order chi connectivity index (χ1) is 7.64. The van der Waals surface area contributed by atoms with E-state index in [4.69, 9.17) is 4.74 Å². The topological polar surface area (TPSA) is 58.6 Å². The normalized spacial score (nSPS) is 36.6. The third kappa shape index (κ3) is 2.09. The molecule has 0 unspecified atom stereocenters. The van der Waals surface area contributed by atoms with Crippen LogP contribution in [-0.2, 0) is 9.53 Å². The number of rotatable bonds is 5. The van der Waals surface area contributed by atoms with E-state index in [0.29, 0.717) is 19.6 Å². The van der Waals surface area contributed by atoms with E-state index in [2.05, 4.69) is 5.32 Å². The Morgan fingerprint density at radius 2 is 2.25 bits per heavy atom. The van der Waals surface area contributed by atoms with Crippen LogP contribution in [0.25, 0.3) is 0 Å². The lowest BCUT2D eigenvalue weighted by molar-refractivity contribution is -0.232. The number of nitrogens with one attached hydrogen (secondary N) is 1. The van der Waals surface area contributed by atoms with Crippen molar-refractivity contribution in [3.63, 3.8) is 0 Å². The molecule has 2 heterocycles. The van der Waals surface area contributed by atoms with Crippen molar-refractivity contribution in [3.05, 3.63) is 0 Å². The predicted molar refractivity (Wildman–Crippen MR) is 60.0 cm³/mol. The zero-order valence-electron chi connectivity index (χ0n) is 9.92. The molecule has 0 aromatic carbocycles. The lowest BCUT2D eigenvalue weighted by atomic mass is 9.56. The van der Waals surface area contributed by atoms with Crippen molar-refractivity contribution in [3.8, 4) is 0 Å². The van der Waals surface area contributed by atoms with Gasteiger partial charge in [-0.25, -0.2) is 0 Å². The van der Waals surface area contributed by atoms with E-state index in [1.807, 2.05) is 6.92 Å². The summed E-state index contributed by atoms with van der Waals surface area (Å²) in [5, 5.41) is 12.2. The van der Waals surface area contributed by atoms with Gasteiger partial charge in [-0.05, 0) is 25.7 Å². The molecule has 2 N–H and O–H groups in total. The standard InChI is InChI=1S/C12H21NO3/c1-2-3-10(15)13-8-12-6-11(7-12,9-14)4-5-16-12/h14H,2-9H2,1H3,(H,13,15). The second-order valence-electron chi connectivity index (χ2n) is 5.32. The maximum atomic E-state index is 11.4. The van der Waals surface area contributed by atoms with E-state index in [1.54, 1.807) is 0 Å². The molecule has 2 saturated heterocycles. The van der Waals surface area contributed by atoms with Crippen molar-refractivity contribution in [2.75, 3.05) is 19.8 Å². The molecule has 92 valence electrons. The molecule has 0 radical (unpaired) electrons. The van der Waals surface area contributed by atoms with Crippen molar-refractivity contribution in [1.82, 2.24) is 5.32 Å². The van der Waals surface area contributed by atoms with E-state index < -0.39 is 0 Å². The zero-order valence-corrected chi connectivity index (χ0v) is 9.92. The average Bonchev–Trinajstić information content (AvgIpc) is 2.26. The Labute approximate surface area is 96.4 Å². The van der Waals surface area contributed by atoms with Crippen molar-refractivity contribution in [1.29, 1.82) is 0 Å². The first-order valence-corrected chi connectivity index (χ1v) is 6.15.